The number of rotatable bonds is 2. The van der Waals surface area contributed by atoms with E-state index in [2.05, 4.69) is 27.9 Å². The van der Waals surface area contributed by atoms with E-state index >= 15 is 0 Å². The number of fused-ring (bicyclic) bond motifs is 1. The van der Waals surface area contributed by atoms with Crippen LogP contribution in [-0.2, 0) is 6.54 Å². The molecule has 0 bridgehead atoms. The third-order valence-electron chi connectivity index (χ3n) is 3.94. The summed E-state index contributed by atoms with van der Waals surface area (Å²) in [6.45, 7) is 6.01. The van der Waals surface area contributed by atoms with Crippen LogP contribution in [0.25, 0.3) is 0 Å². The predicted octanol–water partition coefficient (Wildman–Crippen LogP) is 1.73. The van der Waals surface area contributed by atoms with Crippen LogP contribution in [0.5, 0.6) is 0 Å². The van der Waals surface area contributed by atoms with Crippen molar-refractivity contribution in [2.45, 2.75) is 6.54 Å². The molecule has 0 radical (unpaired) electrons. The molecule has 3 heterocycles. The molecule has 2 unspecified atom stereocenters. The van der Waals surface area contributed by atoms with E-state index in [0.29, 0.717) is 5.15 Å². The first-order valence-electron chi connectivity index (χ1n) is 6.22. The van der Waals surface area contributed by atoms with Gasteiger partial charge in [0.1, 0.15) is 5.15 Å². The van der Waals surface area contributed by atoms with Crippen LogP contribution in [0, 0.1) is 11.8 Å². The lowest BCUT2D eigenvalue weighted by molar-refractivity contribution is 0.272. The van der Waals surface area contributed by atoms with Crippen molar-refractivity contribution >= 4 is 11.6 Å². The minimum Gasteiger partial charge on any atom is -0.306 e. The third kappa shape index (κ3) is 2.46. The number of aromatic nitrogens is 1. The average molecular weight is 252 g/mol. The Bertz CT molecular complexity index is 378. The van der Waals surface area contributed by atoms with Gasteiger partial charge in [-0.1, -0.05) is 17.7 Å². The fourth-order valence-corrected chi connectivity index (χ4v) is 3.32. The van der Waals surface area contributed by atoms with Crippen molar-refractivity contribution in [1.82, 2.24) is 14.8 Å². The van der Waals surface area contributed by atoms with Crippen molar-refractivity contribution in [3.05, 3.63) is 29.0 Å². The van der Waals surface area contributed by atoms with E-state index in [4.69, 9.17) is 11.6 Å². The second-order valence-corrected chi connectivity index (χ2v) is 5.81. The van der Waals surface area contributed by atoms with Gasteiger partial charge in [-0.3, -0.25) is 4.90 Å². The van der Waals surface area contributed by atoms with E-state index in [-0.39, 0.29) is 0 Å². The zero-order valence-electron chi connectivity index (χ0n) is 10.1. The van der Waals surface area contributed by atoms with Gasteiger partial charge in [0.15, 0.2) is 0 Å². The summed E-state index contributed by atoms with van der Waals surface area (Å²) in [5.41, 5.74) is 1.27. The van der Waals surface area contributed by atoms with Crippen LogP contribution in [0.15, 0.2) is 18.3 Å². The molecule has 92 valence electrons. The van der Waals surface area contributed by atoms with Gasteiger partial charge in [0.2, 0.25) is 0 Å². The molecule has 0 aromatic carbocycles. The molecular formula is C13H18ClN3. The molecule has 2 saturated heterocycles. The Balaban J connectivity index is 1.60. The van der Waals surface area contributed by atoms with Gasteiger partial charge in [-0.05, 0) is 30.5 Å². The molecule has 3 rings (SSSR count). The van der Waals surface area contributed by atoms with Crippen LogP contribution in [0.3, 0.4) is 0 Å². The number of pyridine rings is 1. The molecular weight excluding hydrogens is 234 g/mol. The topological polar surface area (TPSA) is 19.4 Å². The first kappa shape index (κ1) is 11.5. The standard InChI is InChI=1S/C13H18ClN3/c1-16-6-11-8-17(9-12(11)7-16)5-10-2-3-13(14)15-4-10/h2-4,11-12H,5-9H2,1H3. The molecule has 17 heavy (non-hydrogen) atoms. The van der Waals surface area contributed by atoms with Gasteiger partial charge in [-0.15, -0.1) is 0 Å². The SMILES string of the molecule is CN1CC2CN(Cc3ccc(Cl)nc3)CC2C1. The van der Waals surface area contributed by atoms with E-state index < -0.39 is 0 Å². The van der Waals surface area contributed by atoms with E-state index in [1.54, 1.807) is 0 Å². The summed E-state index contributed by atoms with van der Waals surface area (Å²) in [4.78, 5) is 9.14. The maximum absolute atomic E-state index is 5.79. The molecule has 2 fully saturated rings. The highest BCUT2D eigenvalue weighted by atomic mass is 35.5. The highest BCUT2D eigenvalue weighted by Crippen LogP contribution is 2.30. The zero-order valence-corrected chi connectivity index (χ0v) is 10.9. The van der Waals surface area contributed by atoms with Gasteiger partial charge in [0, 0.05) is 38.9 Å². The fourth-order valence-electron chi connectivity index (χ4n) is 3.21. The summed E-state index contributed by atoms with van der Waals surface area (Å²) in [6, 6.07) is 3.96. The van der Waals surface area contributed by atoms with Crippen molar-refractivity contribution in [2.75, 3.05) is 33.2 Å². The Kier molecular flexibility index (Phi) is 3.07. The van der Waals surface area contributed by atoms with Crippen molar-refractivity contribution in [3.63, 3.8) is 0 Å². The summed E-state index contributed by atoms with van der Waals surface area (Å²) >= 11 is 5.79. The van der Waals surface area contributed by atoms with Gasteiger partial charge in [0.25, 0.3) is 0 Å². The highest BCUT2D eigenvalue weighted by molar-refractivity contribution is 6.29. The summed E-state index contributed by atoms with van der Waals surface area (Å²) in [5, 5.41) is 0.577. The number of hydrogen-bond donors (Lipinski definition) is 0. The Labute approximate surface area is 107 Å². The maximum Gasteiger partial charge on any atom is 0.129 e. The van der Waals surface area contributed by atoms with Gasteiger partial charge < -0.3 is 4.90 Å². The minimum atomic E-state index is 0.577. The Morgan fingerprint density at radius 3 is 2.53 bits per heavy atom. The van der Waals surface area contributed by atoms with Crippen molar-refractivity contribution < 1.29 is 0 Å². The average Bonchev–Trinajstić information content (AvgIpc) is 2.78. The Morgan fingerprint density at radius 1 is 1.24 bits per heavy atom. The first-order valence-corrected chi connectivity index (χ1v) is 6.60. The molecule has 1 aromatic heterocycles. The molecule has 2 aliphatic heterocycles. The molecule has 4 heteroatoms. The van der Waals surface area contributed by atoms with Gasteiger partial charge in [0.05, 0.1) is 0 Å². The van der Waals surface area contributed by atoms with E-state index in [9.17, 15) is 0 Å². The van der Waals surface area contributed by atoms with Crippen LogP contribution in [0.1, 0.15) is 5.56 Å². The third-order valence-corrected chi connectivity index (χ3v) is 4.16. The van der Waals surface area contributed by atoms with E-state index in [1.165, 1.54) is 31.7 Å². The van der Waals surface area contributed by atoms with E-state index in [0.717, 1.165) is 18.4 Å². The van der Waals surface area contributed by atoms with Crippen molar-refractivity contribution in [2.24, 2.45) is 11.8 Å². The molecule has 3 nitrogen and oxygen atoms in total. The summed E-state index contributed by atoms with van der Waals surface area (Å²) in [7, 11) is 2.23. The lowest BCUT2D eigenvalue weighted by Gasteiger charge is -2.18. The minimum absolute atomic E-state index is 0.577. The lowest BCUT2D eigenvalue weighted by Crippen LogP contribution is -2.26. The summed E-state index contributed by atoms with van der Waals surface area (Å²) < 4.78 is 0. The van der Waals surface area contributed by atoms with Crippen LogP contribution in [0.4, 0.5) is 0 Å². The summed E-state index contributed by atoms with van der Waals surface area (Å²) in [5.74, 6) is 1.75. The monoisotopic (exact) mass is 251 g/mol. The molecule has 2 atom stereocenters. The number of likely N-dealkylation sites (tertiary alicyclic amines) is 2. The normalized spacial score (nSPS) is 29.8. The first-order chi connectivity index (χ1) is 8.20. The van der Waals surface area contributed by atoms with Crippen molar-refractivity contribution in [1.29, 1.82) is 0 Å². The van der Waals surface area contributed by atoms with Crippen LogP contribution in [-0.4, -0.2) is 48.0 Å². The number of nitrogens with zero attached hydrogens (tertiary/aromatic N) is 3. The molecule has 0 N–H and O–H groups in total. The fraction of sp³-hybridized carbons (Fsp3) is 0.615. The molecule has 0 spiro atoms. The quantitative estimate of drug-likeness (QED) is 0.747. The number of halogens is 1. The largest absolute Gasteiger partial charge is 0.306 e. The van der Waals surface area contributed by atoms with Gasteiger partial charge in [-0.25, -0.2) is 4.98 Å². The maximum atomic E-state index is 5.79. The van der Waals surface area contributed by atoms with Crippen LogP contribution < -0.4 is 0 Å². The summed E-state index contributed by atoms with van der Waals surface area (Å²) in [6.07, 6.45) is 1.89. The molecule has 0 amide bonds. The van der Waals surface area contributed by atoms with Crippen LogP contribution in [0.2, 0.25) is 5.15 Å². The molecule has 1 aromatic rings. The van der Waals surface area contributed by atoms with Crippen LogP contribution >= 0.6 is 11.6 Å². The lowest BCUT2D eigenvalue weighted by atomic mass is 10.0. The van der Waals surface area contributed by atoms with E-state index in [1.807, 2.05) is 12.3 Å². The second kappa shape index (κ2) is 4.56. The van der Waals surface area contributed by atoms with Crippen molar-refractivity contribution in [3.8, 4) is 0 Å². The molecule has 2 aliphatic rings. The zero-order chi connectivity index (χ0) is 11.8. The smallest absolute Gasteiger partial charge is 0.129 e. The Hall–Kier alpha value is -0.640. The van der Waals surface area contributed by atoms with Gasteiger partial charge >= 0.3 is 0 Å². The highest BCUT2D eigenvalue weighted by Gasteiger charge is 2.38. The molecule has 0 aliphatic carbocycles. The molecule has 0 saturated carbocycles. The van der Waals surface area contributed by atoms with Gasteiger partial charge in [-0.2, -0.15) is 0 Å². The Morgan fingerprint density at radius 2 is 1.94 bits per heavy atom. The predicted molar refractivity (Wildman–Crippen MR) is 69.0 cm³/mol. The number of hydrogen-bond acceptors (Lipinski definition) is 3. The second-order valence-electron chi connectivity index (χ2n) is 5.42.